The second-order valence-corrected chi connectivity index (χ2v) is 4.54. The van der Waals surface area contributed by atoms with E-state index in [1.54, 1.807) is 29.2 Å². The van der Waals surface area contributed by atoms with Gasteiger partial charge in [0.25, 0.3) is 0 Å². The van der Waals surface area contributed by atoms with E-state index >= 15 is 0 Å². The summed E-state index contributed by atoms with van der Waals surface area (Å²) in [5.74, 6) is 0.315. The Hall–Kier alpha value is -1.96. The quantitative estimate of drug-likeness (QED) is 0.567. The maximum Gasteiger partial charge on any atom is 0.151 e. The summed E-state index contributed by atoms with van der Waals surface area (Å²) < 4.78 is 1.71. The van der Waals surface area contributed by atoms with E-state index in [4.69, 9.17) is 10.8 Å². The minimum Gasteiger partial charge on any atom is -0.392 e. The van der Waals surface area contributed by atoms with Gasteiger partial charge in [-0.05, 0) is 11.6 Å². The van der Waals surface area contributed by atoms with Crippen LogP contribution < -0.4 is 5.73 Å². The van der Waals surface area contributed by atoms with Gasteiger partial charge in [-0.2, -0.15) is 0 Å². The molecule has 2 aromatic rings. The van der Waals surface area contributed by atoms with Crippen molar-refractivity contribution in [2.24, 2.45) is 0 Å². The van der Waals surface area contributed by atoms with E-state index in [2.05, 4.69) is 9.97 Å². The Balaban J connectivity index is 0.00000147. The highest BCUT2D eigenvalue weighted by Crippen LogP contribution is 2.32. The molecule has 0 saturated heterocycles. The molecule has 0 bridgehead atoms. The largest absolute Gasteiger partial charge is 0.392 e. The minimum atomic E-state index is -1.06. The van der Waals surface area contributed by atoms with E-state index in [0.29, 0.717) is 16.9 Å². The third-order valence-corrected chi connectivity index (χ3v) is 3.46. The van der Waals surface area contributed by atoms with Gasteiger partial charge in [0.1, 0.15) is 17.7 Å². The van der Waals surface area contributed by atoms with Gasteiger partial charge in [0.05, 0.1) is 24.5 Å². The number of nitrogen functional groups attached to an aromatic ring is 1. The summed E-state index contributed by atoms with van der Waals surface area (Å²) in [5.41, 5.74) is 7.41. The molecule has 0 saturated carbocycles. The Morgan fingerprint density at radius 2 is 2.05 bits per heavy atom. The first-order valence-electron chi connectivity index (χ1n) is 5.88. The van der Waals surface area contributed by atoms with E-state index in [0.717, 1.165) is 5.52 Å². The van der Waals surface area contributed by atoms with Gasteiger partial charge in [0, 0.05) is 6.20 Å². The first kappa shape index (κ1) is 14.4. The molecule has 7 nitrogen and oxygen atoms in total. The number of imidazole rings is 1. The van der Waals surface area contributed by atoms with E-state index < -0.39 is 18.2 Å². The average molecular weight is 278 g/mol. The Morgan fingerprint density at radius 3 is 2.70 bits per heavy atom. The van der Waals surface area contributed by atoms with Gasteiger partial charge < -0.3 is 25.6 Å². The van der Waals surface area contributed by atoms with Crippen molar-refractivity contribution in [3.8, 4) is 0 Å². The highest BCUT2D eigenvalue weighted by molar-refractivity contribution is 5.84. The SMILES string of the molecule is C.Nc1nccc2c1ncn2[C@@H]1C=C(CO)[C@@H](O)[C@H]1O. The fourth-order valence-electron chi connectivity index (χ4n) is 2.43. The van der Waals surface area contributed by atoms with Crippen LogP contribution in [-0.2, 0) is 0 Å². The van der Waals surface area contributed by atoms with Crippen molar-refractivity contribution in [1.82, 2.24) is 14.5 Å². The molecule has 0 fully saturated rings. The molecule has 0 unspecified atom stereocenters. The second kappa shape index (κ2) is 5.20. The van der Waals surface area contributed by atoms with Gasteiger partial charge >= 0.3 is 0 Å². The number of aromatic nitrogens is 3. The molecule has 0 aliphatic heterocycles. The molecule has 1 aliphatic rings. The lowest BCUT2D eigenvalue weighted by Gasteiger charge is -2.19. The topological polar surface area (TPSA) is 117 Å². The number of hydrogen-bond donors (Lipinski definition) is 4. The number of nitrogens with zero attached hydrogens (tertiary/aromatic N) is 3. The van der Waals surface area contributed by atoms with Gasteiger partial charge in [-0.3, -0.25) is 0 Å². The van der Waals surface area contributed by atoms with Crippen LogP contribution in [0.1, 0.15) is 13.5 Å². The second-order valence-electron chi connectivity index (χ2n) is 4.54. The molecule has 2 heterocycles. The summed E-state index contributed by atoms with van der Waals surface area (Å²) in [7, 11) is 0. The van der Waals surface area contributed by atoms with Crippen molar-refractivity contribution in [2.75, 3.05) is 12.3 Å². The number of nitrogens with two attached hydrogens (primary N) is 1. The highest BCUT2D eigenvalue weighted by Gasteiger charge is 2.35. The molecule has 7 heteroatoms. The van der Waals surface area contributed by atoms with E-state index in [9.17, 15) is 10.2 Å². The Kier molecular flexibility index (Phi) is 3.76. The summed E-state index contributed by atoms with van der Waals surface area (Å²) in [6.07, 6.45) is 2.66. The van der Waals surface area contributed by atoms with Crippen molar-refractivity contribution in [1.29, 1.82) is 0 Å². The van der Waals surface area contributed by atoms with Crippen LogP contribution in [-0.4, -0.2) is 48.7 Å². The number of fused-ring (bicyclic) bond motifs is 1. The van der Waals surface area contributed by atoms with Gasteiger partial charge in [0.2, 0.25) is 0 Å². The first-order chi connectivity index (χ1) is 9.13. The lowest BCUT2D eigenvalue weighted by molar-refractivity contribution is 0.0288. The van der Waals surface area contributed by atoms with Gasteiger partial charge in [-0.15, -0.1) is 0 Å². The maximum atomic E-state index is 10.1. The van der Waals surface area contributed by atoms with Crippen LogP contribution in [0.5, 0.6) is 0 Å². The Bertz CT molecular complexity index is 652. The summed E-state index contributed by atoms with van der Waals surface area (Å²) in [4.78, 5) is 8.11. The van der Waals surface area contributed by atoms with E-state index in [-0.39, 0.29) is 14.0 Å². The fourth-order valence-corrected chi connectivity index (χ4v) is 2.43. The molecule has 2 aromatic heterocycles. The summed E-state index contributed by atoms with van der Waals surface area (Å²) in [5, 5.41) is 29.0. The minimum absolute atomic E-state index is 0. The molecule has 1 aliphatic carbocycles. The lowest BCUT2D eigenvalue weighted by Crippen LogP contribution is -2.29. The number of anilines is 1. The smallest absolute Gasteiger partial charge is 0.151 e. The molecule has 108 valence electrons. The summed E-state index contributed by atoms with van der Waals surface area (Å²) in [6.45, 7) is -0.287. The van der Waals surface area contributed by atoms with Crippen LogP contribution in [0.25, 0.3) is 11.0 Å². The summed E-state index contributed by atoms with van der Waals surface area (Å²) in [6, 6.07) is 1.26. The van der Waals surface area contributed by atoms with E-state index in [1.807, 2.05) is 0 Å². The standard InChI is InChI=1S/C12H14N4O3.CH4/c13-12-9-7(1-2-14-12)16(5-15-9)8-3-6(4-17)10(18)11(8)19;/h1-3,5,8,10-11,17-19H,4H2,(H2,13,14);1H4/t8-,10-,11+;/m1./s1. The van der Waals surface area contributed by atoms with Crippen LogP contribution in [0.15, 0.2) is 30.2 Å². The fraction of sp³-hybridized carbons (Fsp3) is 0.385. The van der Waals surface area contributed by atoms with Crippen molar-refractivity contribution < 1.29 is 15.3 Å². The normalized spacial score (nSPS) is 25.6. The predicted molar refractivity (Wildman–Crippen MR) is 74.9 cm³/mol. The van der Waals surface area contributed by atoms with Crippen LogP contribution in [0.2, 0.25) is 0 Å². The van der Waals surface area contributed by atoms with Crippen LogP contribution in [0.3, 0.4) is 0 Å². The lowest BCUT2D eigenvalue weighted by atomic mass is 10.1. The van der Waals surface area contributed by atoms with Crippen molar-refractivity contribution in [3.63, 3.8) is 0 Å². The number of aliphatic hydroxyl groups excluding tert-OH is 3. The monoisotopic (exact) mass is 278 g/mol. The van der Waals surface area contributed by atoms with Crippen LogP contribution in [0.4, 0.5) is 5.82 Å². The van der Waals surface area contributed by atoms with Crippen molar-refractivity contribution >= 4 is 16.9 Å². The Morgan fingerprint density at radius 1 is 1.30 bits per heavy atom. The molecular weight excluding hydrogens is 260 g/mol. The summed E-state index contributed by atoms with van der Waals surface area (Å²) >= 11 is 0. The zero-order valence-electron chi connectivity index (χ0n) is 10.0. The molecule has 0 radical (unpaired) electrons. The Labute approximate surface area is 116 Å². The van der Waals surface area contributed by atoms with Gasteiger partial charge in [0.15, 0.2) is 5.82 Å². The zero-order chi connectivity index (χ0) is 13.6. The van der Waals surface area contributed by atoms with E-state index in [1.165, 1.54) is 0 Å². The third-order valence-electron chi connectivity index (χ3n) is 3.46. The van der Waals surface area contributed by atoms with Crippen LogP contribution in [0, 0.1) is 0 Å². The molecule has 0 aromatic carbocycles. The number of pyridine rings is 1. The molecule has 3 atom stereocenters. The molecule has 5 N–H and O–H groups in total. The van der Waals surface area contributed by atoms with Crippen LogP contribution >= 0.6 is 0 Å². The zero-order valence-corrected chi connectivity index (χ0v) is 10.0. The molecular formula is C13H18N4O3. The highest BCUT2D eigenvalue weighted by atomic mass is 16.3. The maximum absolute atomic E-state index is 10.1. The third kappa shape index (κ3) is 1.96. The molecule has 0 spiro atoms. The van der Waals surface area contributed by atoms with Crippen molar-refractivity contribution in [3.05, 3.63) is 30.2 Å². The van der Waals surface area contributed by atoms with Gasteiger partial charge in [-0.25, -0.2) is 9.97 Å². The molecule has 3 rings (SSSR count). The number of rotatable bonds is 2. The molecule has 0 amide bonds. The first-order valence-corrected chi connectivity index (χ1v) is 5.88. The number of aliphatic hydroxyl groups is 3. The molecule has 20 heavy (non-hydrogen) atoms. The van der Waals surface area contributed by atoms with Gasteiger partial charge in [-0.1, -0.05) is 13.5 Å². The predicted octanol–water partition coefficient (Wildman–Crippen LogP) is -0.155. The average Bonchev–Trinajstić information content (AvgIpc) is 2.94. The van der Waals surface area contributed by atoms with Crippen molar-refractivity contribution in [2.45, 2.75) is 25.7 Å². The number of hydrogen-bond acceptors (Lipinski definition) is 6.